The number of nitrogens with zero attached hydrogens (tertiary/aromatic N) is 3. The fraction of sp³-hybridized carbons (Fsp3) is 0.188. The first-order valence-corrected chi connectivity index (χ1v) is 7.83. The van der Waals surface area contributed by atoms with Crippen molar-refractivity contribution in [3.63, 3.8) is 0 Å². The van der Waals surface area contributed by atoms with E-state index < -0.39 is 0 Å². The number of hydrogen-bond donors (Lipinski definition) is 1. The van der Waals surface area contributed by atoms with Crippen LogP contribution < -0.4 is 5.32 Å². The molecule has 0 aliphatic carbocycles. The van der Waals surface area contributed by atoms with Crippen LogP contribution in [0, 0.1) is 0 Å². The molecule has 0 aliphatic rings. The highest BCUT2D eigenvalue weighted by molar-refractivity contribution is 9.10. The standard InChI is InChI=1S/C16H15BrN4O/c1-2-13(11-6-4-3-5-7-11)19-16(22)14-8-15-18-9-12(17)10-21(15)20-14/h3-10,13H,2H2,1H3,(H,19,22)/t13-/m1/s1. The lowest BCUT2D eigenvalue weighted by Crippen LogP contribution is -2.28. The minimum Gasteiger partial charge on any atom is -0.344 e. The number of nitrogens with one attached hydrogen (secondary N) is 1. The summed E-state index contributed by atoms with van der Waals surface area (Å²) in [4.78, 5) is 16.6. The summed E-state index contributed by atoms with van der Waals surface area (Å²) in [5.41, 5.74) is 2.09. The first kappa shape index (κ1) is 14.7. The van der Waals surface area contributed by atoms with E-state index in [1.54, 1.807) is 23.0 Å². The van der Waals surface area contributed by atoms with Gasteiger partial charge in [-0.1, -0.05) is 37.3 Å². The number of carbonyl (C=O) groups excluding carboxylic acids is 1. The van der Waals surface area contributed by atoms with Crippen LogP contribution >= 0.6 is 15.9 Å². The number of benzene rings is 1. The zero-order valence-corrected chi connectivity index (χ0v) is 13.6. The first-order valence-electron chi connectivity index (χ1n) is 7.04. The third-order valence-electron chi connectivity index (χ3n) is 3.43. The second-order valence-electron chi connectivity index (χ2n) is 4.95. The molecule has 0 radical (unpaired) electrons. The maximum absolute atomic E-state index is 12.4. The molecular weight excluding hydrogens is 344 g/mol. The lowest BCUT2D eigenvalue weighted by molar-refractivity contribution is 0.0930. The largest absolute Gasteiger partial charge is 0.344 e. The molecule has 0 fully saturated rings. The molecule has 0 unspecified atom stereocenters. The van der Waals surface area contributed by atoms with Crippen LogP contribution in [0.5, 0.6) is 0 Å². The molecule has 0 saturated carbocycles. The average Bonchev–Trinajstić information content (AvgIpc) is 2.96. The second kappa shape index (κ2) is 6.27. The maximum Gasteiger partial charge on any atom is 0.272 e. The molecule has 0 aliphatic heterocycles. The van der Waals surface area contributed by atoms with Gasteiger partial charge in [0.15, 0.2) is 11.3 Å². The molecule has 1 aromatic carbocycles. The van der Waals surface area contributed by atoms with Crippen LogP contribution in [0.2, 0.25) is 0 Å². The van der Waals surface area contributed by atoms with E-state index in [1.807, 2.05) is 37.3 Å². The Morgan fingerprint density at radius 1 is 1.36 bits per heavy atom. The number of carbonyl (C=O) groups is 1. The minimum atomic E-state index is -0.197. The number of amides is 1. The summed E-state index contributed by atoms with van der Waals surface area (Å²) >= 11 is 3.34. The molecule has 0 bridgehead atoms. The van der Waals surface area contributed by atoms with Crippen molar-refractivity contribution in [1.29, 1.82) is 0 Å². The second-order valence-corrected chi connectivity index (χ2v) is 5.87. The Hall–Kier alpha value is -2.21. The van der Waals surface area contributed by atoms with Crippen molar-refractivity contribution in [2.24, 2.45) is 0 Å². The van der Waals surface area contributed by atoms with Crippen LogP contribution in [0.3, 0.4) is 0 Å². The molecule has 3 rings (SSSR count). The van der Waals surface area contributed by atoms with Crippen LogP contribution in [-0.4, -0.2) is 20.5 Å². The molecule has 1 N–H and O–H groups in total. The monoisotopic (exact) mass is 358 g/mol. The molecule has 6 heteroatoms. The quantitative estimate of drug-likeness (QED) is 0.777. The van der Waals surface area contributed by atoms with Crippen LogP contribution in [0.1, 0.15) is 35.4 Å². The van der Waals surface area contributed by atoms with Gasteiger partial charge in [0.25, 0.3) is 5.91 Å². The predicted molar refractivity (Wildman–Crippen MR) is 87.6 cm³/mol. The van der Waals surface area contributed by atoms with Crippen molar-refractivity contribution in [2.75, 3.05) is 0 Å². The van der Waals surface area contributed by atoms with E-state index in [2.05, 4.69) is 31.3 Å². The molecule has 0 saturated heterocycles. The molecule has 5 nitrogen and oxygen atoms in total. The number of fused-ring (bicyclic) bond motifs is 1. The molecule has 22 heavy (non-hydrogen) atoms. The van der Waals surface area contributed by atoms with Gasteiger partial charge in [-0.15, -0.1) is 0 Å². The van der Waals surface area contributed by atoms with Gasteiger partial charge in [0.05, 0.1) is 10.5 Å². The van der Waals surface area contributed by atoms with Gasteiger partial charge >= 0.3 is 0 Å². The molecule has 2 heterocycles. The van der Waals surface area contributed by atoms with Crippen molar-refractivity contribution < 1.29 is 4.79 Å². The normalized spacial score (nSPS) is 12.3. The van der Waals surface area contributed by atoms with Crippen molar-refractivity contribution in [2.45, 2.75) is 19.4 Å². The maximum atomic E-state index is 12.4. The lowest BCUT2D eigenvalue weighted by atomic mass is 10.0. The van der Waals surface area contributed by atoms with Gasteiger partial charge in [-0.05, 0) is 27.9 Å². The van der Waals surface area contributed by atoms with Crippen molar-refractivity contribution >= 4 is 27.5 Å². The van der Waals surface area contributed by atoms with Gasteiger partial charge in [0.2, 0.25) is 0 Å². The zero-order valence-electron chi connectivity index (χ0n) is 12.0. The van der Waals surface area contributed by atoms with Crippen LogP contribution in [0.15, 0.2) is 53.3 Å². The fourth-order valence-electron chi connectivity index (χ4n) is 2.30. The highest BCUT2D eigenvalue weighted by Crippen LogP contribution is 2.17. The molecule has 1 atom stereocenters. The van der Waals surface area contributed by atoms with E-state index >= 15 is 0 Å². The van der Waals surface area contributed by atoms with Gasteiger partial charge in [0, 0.05) is 18.5 Å². The SMILES string of the molecule is CC[C@@H](NC(=O)c1cc2ncc(Br)cn2n1)c1ccccc1. The van der Waals surface area contributed by atoms with Gasteiger partial charge in [-0.25, -0.2) is 9.50 Å². The highest BCUT2D eigenvalue weighted by Gasteiger charge is 2.16. The topological polar surface area (TPSA) is 59.3 Å². The Balaban J connectivity index is 1.83. The van der Waals surface area contributed by atoms with Crippen LogP contribution in [0.25, 0.3) is 5.65 Å². The summed E-state index contributed by atoms with van der Waals surface area (Å²) in [6.45, 7) is 2.04. The number of halogens is 1. The van der Waals surface area contributed by atoms with E-state index in [1.165, 1.54) is 0 Å². The molecule has 112 valence electrons. The van der Waals surface area contributed by atoms with Crippen molar-refractivity contribution in [3.8, 4) is 0 Å². The number of rotatable bonds is 4. The van der Waals surface area contributed by atoms with E-state index in [-0.39, 0.29) is 11.9 Å². The Morgan fingerprint density at radius 3 is 2.86 bits per heavy atom. The van der Waals surface area contributed by atoms with E-state index in [0.717, 1.165) is 16.5 Å². The summed E-state index contributed by atoms with van der Waals surface area (Å²) < 4.78 is 2.40. The average molecular weight is 359 g/mol. The van der Waals surface area contributed by atoms with Crippen LogP contribution in [0.4, 0.5) is 0 Å². The van der Waals surface area contributed by atoms with E-state index in [0.29, 0.717) is 11.3 Å². The van der Waals surface area contributed by atoms with Gasteiger partial charge in [0.1, 0.15) is 0 Å². The predicted octanol–water partition coefficient (Wildman–Crippen LogP) is 3.37. The summed E-state index contributed by atoms with van der Waals surface area (Å²) in [5.74, 6) is -0.197. The molecule has 1 amide bonds. The van der Waals surface area contributed by atoms with Crippen molar-refractivity contribution in [1.82, 2.24) is 19.9 Å². The van der Waals surface area contributed by atoms with Crippen LogP contribution in [-0.2, 0) is 0 Å². The Bertz CT molecular complexity index is 800. The summed E-state index contributed by atoms with van der Waals surface area (Å²) in [6, 6.07) is 11.6. The molecular formula is C16H15BrN4O. The minimum absolute atomic E-state index is 0.0294. The number of hydrogen-bond acceptors (Lipinski definition) is 3. The third kappa shape index (κ3) is 3.01. The highest BCUT2D eigenvalue weighted by atomic mass is 79.9. The summed E-state index contributed by atoms with van der Waals surface area (Å²) in [7, 11) is 0. The Kier molecular flexibility index (Phi) is 4.20. The van der Waals surface area contributed by atoms with E-state index in [9.17, 15) is 4.79 Å². The third-order valence-corrected chi connectivity index (χ3v) is 3.84. The molecule has 2 aromatic heterocycles. The zero-order chi connectivity index (χ0) is 15.5. The van der Waals surface area contributed by atoms with Gasteiger partial charge < -0.3 is 5.32 Å². The summed E-state index contributed by atoms with van der Waals surface area (Å²) in [5, 5.41) is 7.29. The van der Waals surface area contributed by atoms with Crippen molar-refractivity contribution in [3.05, 3.63) is 64.5 Å². The molecule has 3 aromatic rings. The first-order chi connectivity index (χ1) is 10.7. The van der Waals surface area contributed by atoms with Gasteiger partial charge in [-0.2, -0.15) is 5.10 Å². The lowest BCUT2D eigenvalue weighted by Gasteiger charge is -2.16. The Morgan fingerprint density at radius 2 is 2.14 bits per heavy atom. The number of aromatic nitrogens is 3. The smallest absolute Gasteiger partial charge is 0.272 e. The molecule has 0 spiro atoms. The fourth-order valence-corrected chi connectivity index (χ4v) is 2.60. The van der Waals surface area contributed by atoms with E-state index in [4.69, 9.17) is 0 Å². The Labute approximate surface area is 136 Å². The summed E-state index contributed by atoms with van der Waals surface area (Å²) in [6.07, 6.45) is 4.26. The van der Waals surface area contributed by atoms with Gasteiger partial charge in [-0.3, -0.25) is 4.79 Å².